The largest absolute Gasteiger partial charge is 0.491 e. The summed E-state index contributed by atoms with van der Waals surface area (Å²) in [6.45, 7) is 16.6. The Labute approximate surface area is 343 Å². The Morgan fingerprint density at radius 1 is 0.426 bits per heavy atom. The minimum atomic E-state index is 0. The van der Waals surface area contributed by atoms with Gasteiger partial charge < -0.3 is 58.1 Å². The summed E-state index contributed by atoms with van der Waals surface area (Å²) in [5.74, 6) is 2.76. The third-order valence-corrected chi connectivity index (χ3v) is 4.74. The summed E-state index contributed by atoms with van der Waals surface area (Å²) in [6, 6.07) is 29.4. The van der Waals surface area contributed by atoms with Crippen molar-refractivity contribution in [3.05, 3.63) is 121 Å². The number of hydrogen-bond donors (Lipinski definition) is 0. The van der Waals surface area contributed by atoms with Crippen LogP contribution in [0.2, 0.25) is 0 Å². The molecule has 3 aromatic rings. The second-order valence-electron chi connectivity index (χ2n) is 7.74. The molecule has 2 radical (unpaired) electrons. The molecule has 6 nitrogen and oxygen atoms in total. The molecule has 47 heavy (non-hydrogen) atoms. The molecule has 0 bridgehead atoms. The Hall–Kier alpha value is -0.852. The molecular formula is C39H68O6Y2-4. The molecule has 3 saturated heterocycles. The number of epoxide rings is 3. The smallest absolute Gasteiger partial charge is 0.119 e. The molecule has 6 rings (SSSR count). The minimum Gasteiger partial charge on any atom is -0.491 e. The maximum Gasteiger partial charge on any atom is 0.119 e. The van der Waals surface area contributed by atoms with Gasteiger partial charge in [-0.05, 0) is 36.4 Å². The van der Waals surface area contributed by atoms with Gasteiger partial charge in [0.05, 0.1) is 19.8 Å². The zero-order valence-electron chi connectivity index (χ0n) is 29.7. The van der Waals surface area contributed by atoms with Gasteiger partial charge in [0, 0.05) is 65.4 Å². The summed E-state index contributed by atoms with van der Waals surface area (Å²) in [6.07, 6.45) is 1.03. The zero-order chi connectivity index (χ0) is 28.6. The van der Waals surface area contributed by atoms with Gasteiger partial charge in [-0.3, -0.25) is 0 Å². The first-order valence-corrected chi connectivity index (χ1v) is 14.2. The van der Waals surface area contributed by atoms with E-state index in [2.05, 4.69) is 0 Å². The summed E-state index contributed by atoms with van der Waals surface area (Å²) in [4.78, 5) is 0. The average Bonchev–Trinajstić information content (AvgIpc) is 3.88. The van der Waals surface area contributed by atoms with Gasteiger partial charge in [0.2, 0.25) is 0 Å². The molecule has 3 heterocycles. The molecular weight excluding hydrogens is 742 g/mol. The van der Waals surface area contributed by atoms with Crippen molar-refractivity contribution in [2.75, 3.05) is 39.6 Å². The maximum absolute atomic E-state index is 5.40. The van der Waals surface area contributed by atoms with E-state index in [0.717, 1.165) is 37.1 Å². The Morgan fingerprint density at radius 3 is 0.745 bits per heavy atom. The molecule has 3 fully saturated rings. The number of hydrogen-bond acceptors (Lipinski definition) is 6. The predicted molar refractivity (Wildman–Crippen MR) is 198 cm³/mol. The third kappa shape index (κ3) is 37.8. The molecule has 0 saturated carbocycles. The van der Waals surface area contributed by atoms with Crippen LogP contribution in [0.15, 0.2) is 91.0 Å². The number of ether oxygens (including phenoxy) is 6. The van der Waals surface area contributed by atoms with E-state index in [4.69, 9.17) is 28.4 Å². The van der Waals surface area contributed by atoms with E-state index >= 15 is 0 Å². The maximum atomic E-state index is 5.40. The molecule has 3 aromatic carbocycles. The fourth-order valence-electron chi connectivity index (χ4n) is 2.61. The average molecular weight is 811 g/mol. The number of benzene rings is 3. The molecule has 3 unspecified atom stereocenters. The molecule has 0 amide bonds. The standard InChI is InChI=1S/3C9H10O2.3C2H6.2CH4.4CH3.2Y/c3*1-2-4-8(5-3-1)10-6-9-7-11-9;3*1-2;;;;;;;;/h3*1-5,9H,6-7H2;3*1-2H3;2*1H4;4*1H3;;/q;;;;;;;;4*-1;;. The third-order valence-electron chi connectivity index (χ3n) is 4.74. The van der Waals surface area contributed by atoms with Crippen LogP contribution in [0.4, 0.5) is 0 Å². The molecule has 0 aliphatic carbocycles. The second kappa shape index (κ2) is 45.1. The summed E-state index contributed by atoms with van der Waals surface area (Å²) in [5.41, 5.74) is 0. The second-order valence-corrected chi connectivity index (χ2v) is 7.74. The van der Waals surface area contributed by atoms with Crippen LogP contribution in [0.5, 0.6) is 17.2 Å². The van der Waals surface area contributed by atoms with Crippen LogP contribution in [-0.2, 0) is 79.6 Å². The van der Waals surface area contributed by atoms with Crippen LogP contribution in [0.25, 0.3) is 0 Å². The molecule has 270 valence electrons. The van der Waals surface area contributed by atoms with Gasteiger partial charge in [-0.25, -0.2) is 0 Å². The van der Waals surface area contributed by atoms with Gasteiger partial charge in [-0.15, -0.1) is 0 Å². The molecule has 8 heteroatoms. The normalized spacial score (nSPS) is 15.3. The summed E-state index contributed by atoms with van der Waals surface area (Å²) in [5, 5.41) is 0. The van der Waals surface area contributed by atoms with Crippen LogP contribution in [0, 0.1) is 29.7 Å². The monoisotopic (exact) mass is 810 g/mol. The van der Waals surface area contributed by atoms with E-state index in [-0.39, 0.29) is 110 Å². The van der Waals surface area contributed by atoms with Crippen molar-refractivity contribution in [1.29, 1.82) is 0 Å². The topological polar surface area (TPSA) is 65.3 Å². The van der Waals surface area contributed by atoms with Crippen molar-refractivity contribution in [3.8, 4) is 17.2 Å². The van der Waals surface area contributed by atoms with Crippen molar-refractivity contribution in [2.24, 2.45) is 0 Å². The summed E-state index contributed by atoms with van der Waals surface area (Å²) < 4.78 is 31.2. The van der Waals surface area contributed by atoms with E-state index in [0.29, 0.717) is 38.1 Å². The fraction of sp³-hybridized carbons (Fsp3) is 0.436. The molecule has 3 atom stereocenters. The van der Waals surface area contributed by atoms with E-state index in [1.165, 1.54) is 0 Å². The number of rotatable bonds is 9. The van der Waals surface area contributed by atoms with Crippen LogP contribution >= 0.6 is 0 Å². The molecule has 3 aliphatic heterocycles. The van der Waals surface area contributed by atoms with E-state index in [1.54, 1.807) is 0 Å². The molecule has 0 aromatic heterocycles. The van der Waals surface area contributed by atoms with Crippen molar-refractivity contribution >= 4 is 0 Å². The first kappa shape index (κ1) is 64.6. The molecule has 0 spiro atoms. The Kier molecular flexibility index (Phi) is 62.1. The summed E-state index contributed by atoms with van der Waals surface area (Å²) >= 11 is 0. The SMILES string of the molecule is C.C.CC.CC.CC.[CH3-].[CH3-].[CH3-].[CH3-].[Y].[Y].c1ccc(OCC2CO2)cc1.c1ccc(OCC2CO2)cc1.c1ccc(OCC2CO2)cc1. The molecule has 3 aliphatic rings. The fourth-order valence-corrected chi connectivity index (χ4v) is 2.61. The van der Waals surface area contributed by atoms with Gasteiger partial charge in [-0.2, -0.15) is 0 Å². The van der Waals surface area contributed by atoms with Gasteiger partial charge in [0.15, 0.2) is 0 Å². The van der Waals surface area contributed by atoms with Crippen LogP contribution in [-0.4, -0.2) is 58.0 Å². The van der Waals surface area contributed by atoms with E-state index in [9.17, 15) is 0 Å². The quantitative estimate of drug-likeness (QED) is 0.158. The van der Waals surface area contributed by atoms with Crippen molar-refractivity contribution in [2.45, 2.75) is 74.7 Å². The van der Waals surface area contributed by atoms with Crippen molar-refractivity contribution in [3.63, 3.8) is 0 Å². The van der Waals surface area contributed by atoms with Gasteiger partial charge in [0.25, 0.3) is 0 Å². The predicted octanol–water partition coefficient (Wildman–Crippen LogP) is 10.5. The Morgan fingerprint density at radius 2 is 0.596 bits per heavy atom. The first-order chi connectivity index (χ1) is 19.3. The van der Waals surface area contributed by atoms with Gasteiger partial charge in [-0.1, -0.05) is 111 Å². The van der Waals surface area contributed by atoms with Gasteiger partial charge in [0.1, 0.15) is 55.4 Å². The minimum absolute atomic E-state index is 0. The molecule has 0 N–H and O–H groups in total. The van der Waals surface area contributed by atoms with E-state index < -0.39 is 0 Å². The van der Waals surface area contributed by atoms with Gasteiger partial charge >= 0.3 is 0 Å². The van der Waals surface area contributed by atoms with Crippen molar-refractivity contribution in [1.82, 2.24) is 0 Å². The Balaban J connectivity index is -0.0000000693. The first-order valence-electron chi connectivity index (χ1n) is 14.2. The Bertz CT molecular complexity index is 786. The number of para-hydroxylation sites is 3. The van der Waals surface area contributed by atoms with E-state index in [1.807, 2.05) is 133 Å². The van der Waals surface area contributed by atoms with Crippen LogP contribution in [0.1, 0.15) is 56.4 Å². The van der Waals surface area contributed by atoms with Crippen LogP contribution in [0.3, 0.4) is 0 Å². The zero-order valence-corrected chi connectivity index (χ0v) is 35.4. The van der Waals surface area contributed by atoms with Crippen LogP contribution < -0.4 is 14.2 Å². The van der Waals surface area contributed by atoms with Crippen molar-refractivity contribution < 1.29 is 93.8 Å². The summed E-state index contributed by atoms with van der Waals surface area (Å²) in [7, 11) is 0.